The molecular formula is C14H12Cl2N2O. The largest absolute Gasteiger partial charge is 0.311 e. The van der Waals surface area contributed by atoms with Crippen LogP contribution in [0.4, 0.5) is 5.69 Å². The van der Waals surface area contributed by atoms with Gasteiger partial charge in [0.25, 0.3) is 5.91 Å². The number of para-hydroxylation sites is 1. The molecule has 1 amide bonds. The number of halogens is 2. The number of hydrogen-bond donors (Lipinski definition) is 0. The number of carbonyl (C=O) groups excluding carboxylic acids is 1. The Labute approximate surface area is 121 Å². The number of pyridine rings is 1. The molecule has 0 aliphatic heterocycles. The van der Waals surface area contributed by atoms with Crippen molar-refractivity contribution < 1.29 is 4.79 Å². The zero-order valence-corrected chi connectivity index (χ0v) is 12.0. The molecule has 0 bridgehead atoms. The Morgan fingerprint density at radius 3 is 2.32 bits per heavy atom. The van der Waals surface area contributed by atoms with Crippen LogP contribution in [0.5, 0.6) is 0 Å². The molecule has 0 aliphatic carbocycles. The summed E-state index contributed by atoms with van der Waals surface area (Å²) in [6.07, 6.45) is 0. The van der Waals surface area contributed by atoms with Crippen molar-refractivity contribution in [3.8, 4) is 0 Å². The van der Waals surface area contributed by atoms with Gasteiger partial charge in [0.1, 0.15) is 10.3 Å². The molecule has 2 rings (SSSR count). The molecule has 0 aliphatic rings. The van der Waals surface area contributed by atoms with Crippen molar-refractivity contribution >= 4 is 34.8 Å². The molecule has 5 heteroatoms. The molecule has 0 radical (unpaired) electrons. The first-order valence-electron chi connectivity index (χ1n) is 5.66. The fraction of sp³-hybridized carbons (Fsp3) is 0.143. The van der Waals surface area contributed by atoms with Gasteiger partial charge in [-0.3, -0.25) is 4.79 Å². The van der Waals surface area contributed by atoms with Gasteiger partial charge in [-0.1, -0.05) is 41.4 Å². The first kappa shape index (κ1) is 13.8. The first-order chi connectivity index (χ1) is 8.99. The standard InChI is InChI=1S/C14H12Cl2N2O/c1-9-5-3-4-6-11(9)18(2)14(19)10-7-12(15)17-13(16)8-10/h3-8H,1-2H3. The Balaban J connectivity index is 2.36. The minimum atomic E-state index is -0.180. The lowest BCUT2D eigenvalue weighted by Crippen LogP contribution is -2.26. The predicted molar refractivity (Wildman–Crippen MR) is 78.2 cm³/mol. The van der Waals surface area contributed by atoms with E-state index in [1.165, 1.54) is 12.1 Å². The number of hydrogen-bond acceptors (Lipinski definition) is 2. The Morgan fingerprint density at radius 1 is 1.16 bits per heavy atom. The van der Waals surface area contributed by atoms with E-state index in [9.17, 15) is 4.79 Å². The summed E-state index contributed by atoms with van der Waals surface area (Å²) in [6, 6.07) is 10.7. The van der Waals surface area contributed by atoms with Crippen LogP contribution in [0.1, 0.15) is 15.9 Å². The smallest absolute Gasteiger partial charge is 0.258 e. The van der Waals surface area contributed by atoms with Crippen LogP contribution in [-0.4, -0.2) is 17.9 Å². The molecule has 1 aromatic heterocycles. The summed E-state index contributed by atoms with van der Waals surface area (Å²) in [6.45, 7) is 1.95. The van der Waals surface area contributed by atoms with Crippen LogP contribution in [0.2, 0.25) is 10.3 Å². The van der Waals surface area contributed by atoms with Gasteiger partial charge >= 0.3 is 0 Å². The normalized spacial score (nSPS) is 10.3. The molecule has 2 aromatic rings. The second kappa shape index (κ2) is 5.59. The minimum absolute atomic E-state index is 0.180. The van der Waals surface area contributed by atoms with E-state index in [2.05, 4.69) is 4.98 Å². The SMILES string of the molecule is Cc1ccccc1N(C)C(=O)c1cc(Cl)nc(Cl)c1. The third kappa shape index (κ3) is 3.06. The Hall–Kier alpha value is -1.58. The molecule has 0 fully saturated rings. The highest BCUT2D eigenvalue weighted by molar-refractivity contribution is 6.33. The maximum absolute atomic E-state index is 12.4. The van der Waals surface area contributed by atoms with E-state index < -0.39 is 0 Å². The molecule has 0 spiro atoms. The highest BCUT2D eigenvalue weighted by atomic mass is 35.5. The van der Waals surface area contributed by atoms with Gasteiger partial charge in [-0.2, -0.15) is 0 Å². The van der Waals surface area contributed by atoms with E-state index in [4.69, 9.17) is 23.2 Å². The van der Waals surface area contributed by atoms with Gasteiger partial charge in [0, 0.05) is 18.3 Å². The molecule has 0 saturated carbocycles. The van der Waals surface area contributed by atoms with E-state index in [1.54, 1.807) is 11.9 Å². The maximum Gasteiger partial charge on any atom is 0.258 e. The van der Waals surface area contributed by atoms with E-state index in [0.717, 1.165) is 11.3 Å². The maximum atomic E-state index is 12.4. The highest BCUT2D eigenvalue weighted by Gasteiger charge is 2.16. The summed E-state index contributed by atoms with van der Waals surface area (Å²) in [5.74, 6) is -0.180. The molecular weight excluding hydrogens is 283 g/mol. The fourth-order valence-corrected chi connectivity index (χ4v) is 2.29. The Morgan fingerprint density at radius 2 is 1.74 bits per heavy atom. The molecule has 0 unspecified atom stereocenters. The molecule has 0 N–H and O–H groups in total. The van der Waals surface area contributed by atoms with Crippen molar-refractivity contribution in [2.45, 2.75) is 6.92 Å². The third-order valence-electron chi connectivity index (χ3n) is 2.79. The topological polar surface area (TPSA) is 33.2 Å². The minimum Gasteiger partial charge on any atom is -0.311 e. The van der Waals surface area contributed by atoms with Crippen LogP contribution in [0.25, 0.3) is 0 Å². The molecule has 1 heterocycles. The zero-order valence-electron chi connectivity index (χ0n) is 10.5. The van der Waals surface area contributed by atoms with Gasteiger partial charge in [0.05, 0.1) is 0 Å². The Kier molecular flexibility index (Phi) is 4.08. The van der Waals surface area contributed by atoms with E-state index >= 15 is 0 Å². The van der Waals surface area contributed by atoms with E-state index in [1.807, 2.05) is 31.2 Å². The third-order valence-corrected chi connectivity index (χ3v) is 3.18. The van der Waals surface area contributed by atoms with Crippen molar-refractivity contribution in [1.29, 1.82) is 0 Å². The number of aromatic nitrogens is 1. The highest BCUT2D eigenvalue weighted by Crippen LogP contribution is 2.22. The fourth-order valence-electron chi connectivity index (χ4n) is 1.83. The molecule has 3 nitrogen and oxygen atoms in total. The summed E-state index contributed by atoms with van der Waals surface area (Å²) in [5.41, 5.74) is 2.27. The number of amides is 1. The summed E-state index contributed by atoms with van der Waals surface area (Å²) in [7, 11) is 1.72. The van der Waals surface area contributed by atoms with Crippen molar-refractivity contribution in [3.63, 3.8) is 0 Å². The van der Waals surface area contributed by atoms with Crippen LogP contribution < -0.4 is 4.90 Å². The number of nitrogens with zero attached hydrogens (tertiary/aromatic N) is 2. The number of anilines is 1. The van der Waals surface area contributed by atoms with Crippen molar-refractivity contribution in [3.05, 3.63) is 57.8 Å². The van der Waals surface area contributed by atoms with Gasteiger partial charge in [-0.05, 0) is 30.7 Å². The van der Waals surface area contributed by atoms with Crippen LogP contribution in [0, 0.1) is 6.92 Å². The average molecular weight is 295 g/mol. The van der Waals surface area contributed by atoms with Crippen LogP contribution in [-0.2, 0) is 0 Å². The molecule has 0 saturated heterocycles. The lowest BCUT2D eigenvalue weighted by Gasteiger charge is -2.19. The number of carbonyl (C=O) groups is 1. The first-order valence-corrected chi connectivity index (χ1v) is 6.41. The number of rotatable bonds is 2. The summed E-state index contributed by atoms with van der Waals surface area (Å²) >= 11 is 11.6. The van der Waals surface area contributed by atoms with Crippen molar-refractivity contribution in [2.24, 2.45) is 0 Å². The molecule has 1 aromatic carbocycles. The van der Waals surface area contributed by atoms with Gasteiger partial charge < -0.3 is 4.90 Å². The predicted octanol–water partition coefficient (Wildman–Crippen LogP) is 3.97. The number of aryl methyl sites for hydroxylation is 1. The van der Waals surface area contributed by atoms with Crippen LogP contribution in [0.15, 0.2) is 36.4 Å². The monoisotopic (exact) mass is 294 g/mol. The lowest BCUT2D eigenvalue weighted by atomic mass is 10.1. The zero-order chi connectivity index (χ0) is 14.0. The van der Waals surface area contributed by atoms with Crippen LogP contribution >= 0.6 is 23.2 Å². The van der Waals surface area contributed by atoms with Gasteiger partial charge in [0.15, 0.2) is 0 Å². The van der Waals surface area contributed by atoms with E-state index in [0.29, 0.717) is 5.56 Å². The number of benzene rings is 1. The van der Waals surface area contributed by atoms with E-state index in [-0.39, 0.29) is 16.2 Å². The molecule has 0 atom stereocenters. The quantitative estimate of drug-likeness (QED) is 0.785. The van der Waals surface area contributed by atoms with Gasteiger partial charge in [-0.25, -0.2) is 4.98 Å². The van der Waals surface area contributed by atoms with Gasteiger partial charge in [0.2, 0.25) is 0 Å². The van der Waals surface area contributed by atoms with Gasteiger partial charge in [-0.15, -0.1) is 0 Å². The molecule has 19 heavy (non-hydrogen) atoms. The summed E-state index contributed by atoms with van der Waals surface area (Å²) in [5, 5.41) is 0.406. The summed E-state index contributed by atoms with van der Waals surface area (Å²) < 4.78 is 0. The lowest BCUT2D eigenvalue weighted by molar-refractivity contribution is 0.0992. The second-order valence-corrected chi connectivity index (χ2v) is 4.93. The van der Waals surface area contributed by atoms with Crippen molar-refractivity contribution in [1.82, 2.24) is 4.98 Å². The molecule has 98 valence electrons. The summed E-state index contributed by atoms with van der Waals surface area (Å²) in [4.78, 5) is 17.8. The second-order valence-electron chi connectivity index (χ2n) is 4.15. The van der Waals surface area contributed by atoms with Crippen molar-refractivity contribution in [2.75, 3.05) is 11.9 Å². The average Bonchev–Trinajstić information content (AvgIpc) is 2.36. The van der Waals surface area contributed by atoms with Crippen LogP contribution in [0.3, 0.4) is 0 Å². The Bertz CT molecular complexity index is 608.